The van der Waals surface area contributed by atoms with Crippen molar-refractivity contribution in [3.63, 3.8) is 0 Å². The van der Waals surface area contributed by atoms with Gasteiger partial charge in [-0.1, -0.05) is 23.7 Å². The maximum atomic E-state index is 12.1. The highest BCUT2D eigenvalue weighted by Gasteiger charge is 2.25. The van der Waals surface area contributed by atoms with E-state index in [-0.39, 0.29) is 5.91 Å². The summed E-state index contributed by atoms with van der Waals surface area (Å²) < 4.78 is 7.08. The second-order valence-electron chi connectivity index (χ2n) is 5.25. The van der Waals surface area contributed by atoms with E-state index >= 15 is 0 Å². The number of anilines is 1. The molecule has 1 amide bonds. The van der Waals surface area contributed by atoms with E-state index in [9.17, 15) is 4.79 Å². The van der Waals surface area contributed by atoms with Crippen molar-refractivity contribution >= 4 is 39.8 Å². The van der Waals surface area contributed by atoms with E-state index in [1.54, 1.807) is 4.52 Å². The number of hydrogen-bond acceptors (Lipinski definition) is 5. The SMILES string of the molecule is O=C(Nc1nc2scc(-c3ccc(Cl)cc3)n2n1)C1CCCO1. The number of halogens is 1. The number of thiazole rings is 1. The van der Waals surface area contributed by atoms with Gasteiger partial charge in [-0.3, -0.25) is 10.1 Å². The molecule has 1 aliphatic rings. The van der Waals surface area contributed by atoms with Crippen molar-refractivity contribution in [1.82, 2.24) is 14.6 Å². The second-order valence-corrected chi connectivity index (χ2v) is 6.52. The Hall–Kier alpha value is -1.96. The molecule has 6 nitrogen and oxygen atoms in total. The Labute approximate surface area is 141 Å². The number of rotatable bonds is 3. The van der Waals surface area contributed by atoms with E-state index in [1.165, 1.54) is 11.3 Å². The lowest BCUT2D eigenvalue weighted by Gasteiger charge is -2.07. The quantitative estimate of drug-likeness (QED) is 0.789. The van der Waals surface area contributed by atoms with E-state index in [1.807, 2.05) is 29.6 Å². The topological polar surface area (TPSA) is 68.5 Å². The number of carbonyl (C=O) groups excluding carboxylic acids is 1. The number of amides is 1. The van der Waals surface area contributed by atoms with Crippen LogP contribution < -0.4 is 5.32 Å². The van der Waals surface area contributed by atoms with Gasteiger partial charge >= 0.3 is 0 Å². The van der Waals surface area contributed by atoms with Crippen molar-refractivity contribution in [3.8, 4) is 11.3 Å². The Kier molecular flexibility index (Phi) is 3.76. The van der Waals surface area contributed by atoms with Crippen LogP contribution in [-0.4, -0.2) is 33.2 Å². The van der Waals surface area contributed by atoms with Gasteiger partial charge in [-0.2, -0.15) is 4.98 Å². The van der Waals surface area contributed by atoms with Crippen LogP contribution in [0.25, 0.3) is 16.2 Å². The molecule has 23 heavy (non-hydrogen) atoms. The van der Waals surface area contributed by atoms with Gasteiger partial charge in [0, 0.05) is 22.6 Å². The third-order valence-corrected chi connectivity index (χ3v) is 4.75. The van der Waals surface area contributed by atoms with Crippen LogP contribution in [0.4, 0.5) is 5.95 Å². The molecule has 2 aromatic heterocycles. The summed E-state index contributed by atoms with van der Waals surface area (Å²) in [5.41, 5.74) is 1.90. The average molecular weight is 349 g/mol. The Bertz CT molecular complexity index is 852. The minimum Gasteiger partial charge on any atom is -0.368 e. The fourth-order valence-corrected chi connectivity index (χ4v) is 3.49. The van der Waals surface area contributed by atoms with Crippen molar-refractivity contribution in [2.45, 2.75) is 18.9 Å². The highest BCUT2D eigenvalue weighted by Crippen LogP contribution is 2.27. The normalized spacial score (nSPS) is 17.7. The van der Waals surface area contributed by atoms with Gasteiger partial charge in [0.1, 0.15) is 6.10 Å². The molecule has 0 bridgehead atoms. The standard InChI is InChI=1S/C15H13ClN4O2S/c16-10-5-3-9(4-6-10)11-8-23-15-18-14(19-20(11)15)17-13(21)12-2-1-7-22-12/h3-6,8,12H,1-2,7H2,(H,17,19,21). The molecule has 0 saturated carbocycles. The zero-order chi connectivity index (χ0) is 15.8. The first-order chi connectivity index (χ1) is 11.2. The molecule has 0 spiro atoms. The summed E-state index contributed by atoms with van der Waals surface area (Å²) in [6, 6.07) is 7.52. The van der Waals surface area contributed by atoms with Crippen molar-refractivity contribution in [2.24, 2.45) is 0 Å². The molecule has 118 valence electrons. The van der Waals surface area contributed by atoms with Crippen LogP contribution in [0, 0.1) is 0 Å². The molecule has 1 unspecified atom stereocenters. The first kappa shape index (κ1) is 14.6. The molecule has 1 atom stereocenters. The number of carbonyl (C=O) groups is 1. The van der Waals surface area contributed by atoms with Crippen LogP contribution in [0.5, 0.6) is 0 Å². The lowest BCUT2D eigenvalue weighted by atomic mass is 10.2. The van der Waals surface area contributed by atoms with E-state index < -0.39 is 6.10 Å². The van der Waals surface area contributed by atoms with E-state index in [2.05, 4.69) is 15.4 Å². The number of benzene rings is 1. The Morgan fingerprint density at radius 2 is 2.22 bits per heavy atom. The van der Waals surface area contributed by atoms with Crippen molar-refractivity contribution in [1.29, 1.82) is 0 Å². The smallest absolute Gasteiger partial charge is 0.255 e. The molecule has 0 radical (unpaired) electrons. The number of fused-ring (bicyclic) bond motifs is 1. The van der Waals surface area contributed by atoms with Crippen molar-refractivity contribution in [2.75, 3.05) is 11.9 Å². The molecule has 3 aromatic rings. The monoisotopic (exact) mass is 348 g/mol. The highest BCUT2D eigenvalue weighted by atomic mass is 35.5. The Morgan fingerprint density at radius 1 is 1.39 bits per heavy atom. The first-order valence-corrected chi connectivity index (χ1v) is 8.49. The van der Waals surface area contributed by atoms with Gasteiger partial charge < -0.3 is 4.74 Å². The number of nitrogens with zero attached hydrogens (tertiary/aromatic N) is 3. The summed E-state index contributed by atoms with van der Waals surface area (Å²) in [7, 11) is 0. The molecule has 4 rings (SSSR count). The van der Waals surface area contributed by atoms with Gasteiger partial charge in [-0.05, 0) is 25.0 Å². The molecule has 3 heterocycles. The third-order valence-electron chi connectivity index (χ3n) is 3.68. The van der Waals surface area contributed by atoms with Gasteiger partial charge in [-0.25, -0.2) is 4.52 Å². The van der Waals surface area contributed by atoms with E-state index in [4.69, 9.17) is 16.3 Å². The zero-order valence-electron chi connectivity index (χ0n) is 12.0. The molecule has 0 aliphatic carbocycles. The lowest BCUT2D eigenvalue weighted by Crippen LogP contribution is -2.27. The molecule has 1 N–H and O–H groups in total. The predicted molar refractivity (Wildman–Crippen MR) is 88.9 cm³/mol. The predicted octanol–water partition coefficient (Wildman–Crippen LogP) is 3.23. The van der Waals surface area contributed by atoms with E-state index in [0.29, 0.717) is 17.6 Å². The number of nitrogens with one attached hydrogen (secondary N) is 1. The summed E-state index contributed by atoms with van der Waals surface area (Å²) in [5.74, 6) is 0.112. The fourth-order valence-electron chi connectivity index (χ4n) is 2.53. The summed E-state index contributed by atoms with van der Waals surface area (Å²) in [6.45, 7) is 0.629. The van der Waals surface area contributed by atoms with Gasteiger partial charge in [-0.15, -0.1) is 16.4 Å². The van der Waals surface area contributed by atoms with Gasteiger partial charge in [0.25, 0.3) is 11.9 Å². The van der Waals surface area contributed by atoms with Crippen LogP contribution in [0.2, 0.25) is 5.02 Å². The number of aromatic nitrogens is 3. The summed E-state index contributed by atoms with van der Waals surface area (Å²) >= 11 is 7.39. The maximum absolute atomic E-state index is 12.1. The molecule has 8 heteroatoms. The lowest BCUT2D eigenvalue weighted by molar-refractivity contribution is -0.124. The molecule has 1 saturated heterocycles. The van der Waals surface area contributed by atoms with Gasteiger partial charge in [0.2, 0.25) is 4.96 Å². The summed E-state index contributed by atoms with van der Waals surface area (Å²) in [5, 5.41) is 9.76. The van der Waals surface area contributed by atoms with Crippen molar-refractivity contribution < 1.29 is 9.53 Å². The summed E-state index contributed by atoms with van der Waals surface area (Å²) in [6.07, 6.45) is 1.25. The zero-order valence-corrected chi connectivity index (χ0v) is 13.6. The number of hydrogen-bond donors (Lipinski definition) is 1. The first-order valence-electron chi connectivity index (χ1n) is 7.23. The van der Waals surface area contributed by atoms with Crippen molar-refractivity contribution in [3.05, 3.63) is 34.7 Å². The molecular formula is C15H13ClN4O2S. The van der Waals surface area contributed by atoms with Gasteiger partial charge in [0.15, 0.2) is 0 Å². The average Bonchev–Trinajstić information content (AvgIpc) is 3.24. The Morgan fingerprint density at radius 3 is 2.96 bits per heavy atom. The maximum Gasteiger partial charge on any atom is 0.255 e. The van der Waals surface area contributed by atoms with Crippen LogP contribution in [-0.2, 0) is 9.53 Å². The molecule has 1 aromatic carbocycles. The van der Waals surface area contributed by atoms with Crippen LogP contribution in [0.1, 0.15) is 12.8 Å². The minimum absolute atomic E-state index is 0.186. The van der Waals surface area contributed by atoms with Crippen LogP contribution in [0.15, 0.2) is 29.6 Å². The molecule has 1 aliphatic heterocycles. The third kappa shape index (κ3) is 2.83. The molecular weight excluding hydrogens is 336 g/mol. The second kappa shape index (κ2) is 5.92. The van der Waals surface area contributed by atoms with Crippen LogP contribution >= 0.6 is 22.9 Å². The Balaban J connectivity index is 1.61. The molecule has 1 fully saturated rings. The minimum atomic E-state index is -0.396. The fraction of sp³-hybridized carbons (Fsp3) is 0.267. The summed E-state index contributed by atoms with van der Waals surface area (Å²) in [4.78, 5) is 17.1. The van der Waals surface area contributed by atoms with E-state index in [0.717, 1.165) is 29.1 Å². The largest absolute Gasteiger partial charge is 0.368 e. The highest BCUT2D eigenvalue weighted by molar-refractivity contribution is 7.15. The van der Waals surface area contributed by atoms with Gasteiger partial charge in [0.05, 0.1) is 5.69 Å². The van der Waals surface area contributed by atoms with Crippen LogP contribution in [0.3, 0.4) is 0 Å². The number of ether oxygens (including phenoxy) is 1.